The van der Waals surface area contributed by atoms with Crippen LogP contribution < -0.4 is 10.6 Å². The Morgan fingerprint density at radius 2 is 2.47 bits per heavy atom. The van der Waals surface area contributed by atoms with Crippen molar-refractivity contribution in [3.8, 4) is 0 Å². The lowest BCUT2D eigenvalue weighted by Crippen LogP contribution is -2.39. The average molecular weight is 216 g/mol. The van der Waals surface area contributed by atoms with E-state index in [1.807, 2.05) is 6.92 Å². The lowest BCUT2D eigenvalue weighted by atomic mass is 10.0. The summed E-state index contributed by atoms with van der Waals surface area (Å²) in [6, 6.07) is 0. The highest BCUT2D eigenvalue weighted by Crippen LogP contribution is 2.18. The van der Waals surface area contributed by atoms with Crippen molar-refractivity contribution in [2.24, 2.45) is 11.0 Å². The molecular formula is C8H16N4O3. The number of hydrogen-bond donors (Lipinski definition) is 2. The molecule has 1 fully saturated rings. The van der Waals surface area contributed by atoms with Gasteiger partial charge in [-0.15, -0.1) is 0 Å². The smallest absolute Gasteiger partial charge is 0.268 e. The van der Waals surface area contributed by atoms with Gasteiger partial charge in [-0.3, -0.25) is 0 Å². The number of nitro groups is 1. The van der Waals surface area contributed by atoms with Crippen LogP contribution in [0.5, 0.6) is 0 Å². The number of guanidine groups is 1. The van der Waals surface area contributed by atoms with Gasteiger partial charge < -0.3 is 15.4 Å². The summed E-state index contributed by atoms with van der Waals surface area (Å²) in [5, 5.41) is 18.1. The molecule has 0 aromatic rings. The summed E-state index contributed by atoms with van der Waals surface area (Å²) in [5.41, 5.74) is 0. The zero-order valence-electron chi connectivity index (χ0n) is 8.90. The van der Waals surface area contributed by atoms with E-state index in [0.717, 1.165) is 13.0 Å². The van der Waals surface area contributed by atoms with Gasteiger partial charge in [-0.1, -0.05) is 0 Å². The van der Waals surface area contributed by atoms with Crippen molar-refractivity contribution in [3.63, 3.8) is 0 Å². The molecule has 2 atom stereocenters. The van der Waals surface area contributed by atoms with Crippen LogP contribution in [0.2, 0.25) is 0 Å². The van der Waals surface area contributed by atoms with Crippen LogP contribution in [0.15, 0.2) is 5.10 Å². The van der Waals surface area contributed by atoms with E-state index in [1.165, 1.54) is 0 Å². The zero-order chi connectivity index (χ0) is 11.3. The average Bonchev–Trinajstić information content (AvgIpc) is 2.58. The number of ether oxygens (including phenoxy) is 1. The van der Waals surface area contributed by atoms with Crippen LogP contribution in [0.4, 0.5) is 0 Å². The van der Waals surface area contributed by atoms with E-state index in [0.29, 0.717) is 12.5 Å². The molecule has 1 rings (SSSR count). The standard InChI is InChI=1S/C8H16N4O3/c1-6-7(3-4-15-6)5-10-8(9-2)11-12(13)14/h6-7H,3-5H2,1-2H3,(H2,9,10,11)/t6-,7-/m1/s1. The summed E-state index contributed by atoms with van der Waals surface area (Å²) in [5.74, 6) is 0.564. The molecule has 7 heteroatoms. The third-order valence-electron chi connectivity index (χ3n) is 2.48. The van der Waals surface area contributed by atoms with Gasteiger partial charge in [0.2, 0.25) is 0 Å². The predicted molar refractivity (Wildman–Crippen MR) is 55.0 cm³/mol. The second kappa shape index (κ2) is 5.50. The molecule has 0 saturated carbocycles. The number of nitrogens with zero attached hydrogens (tertiary/aromatic N) is 2. The third-order valence-corrected chi connectivity index (χ3v) is 2.48. The fraction of sp³-hybridized carbons (Fsp3) is 0.875. The fourth-order valence-corrected chi connectivity index (χ4v) is 1.53. The van der Waals surface area contributed by atoms with Gasteiger partial charge in [-0.2, -0.15) is 0 Å². The first-order chi connectivity index (χ1) is 7.13. The maximum atomic E-state index is 10.1. The lowest BCUT2D eigenvalue weighted by molar-refractivity contribution is -0.485. The summed E-state index contributed by atoms with van der Waals surface area (Å²) in [6.07, 6.45) is 1.18. The summed E-state index contributed by atoms with van der Waals surface area (Å²) >= 11 is 0. The SMILES string of the molecule is CN/C(=N\[N+](=O)[O-])NC[C@H]1CCO[C@@H]1C. The Hall–Kier alpha value is -1.37. The molecule has 1 aliphatic rings. The number of nitrogens with one attached hydrogen (secondary N) is 2. The van der Waals surface area contributed by atoms with Gasteiger partial charge in [0.05, 0.1) is 6.10 Å². The Morgan fingerprint density at radius 1 is 1.73 bits per heavy atom. The van der Waals surface area contributed by atoms with E-state index in [-0.39, 0.29) is 12.1 Å². The molecule has 0 unspecified atom stereocenters. The Bertz CT molecular complexity index is 256. The number of hydrazone groups is 1. The maximum Gasteiger partial charge on any atom is 0.268 e. The Labute approximate surface area is 88.0 Å². The normalized spacial score (nSPS) is 26.4. The van der Waals surface area contributed by atoms with Crippen molar-refractivity contribution >= 4 is 5.96 Å². The molecule has 0 amide bonds. The van der Waals surface area contributed by atoms with Crippen LogP contribution in [0.3, 0.4) is 0 Å². The molecule has 0 radical (unpaired) electrons. The van der Waals surface area contributed by atoms with E-state index >= 15 is 0 Å². The van der Waals surface area contributed by atoms with E-state index in [2.05, 4.69) is 15.7 Å². The first kappa shape index (κ1) is 11.7. The molecule has 0 spiro atoms. The van der Waals surface area contributed by atoms with Crippen LogP contribution in [-0.2, 0) is 4.74 Å². The molecule has 15 heavy (non-hydrogen) atoms. The van der Waals surface area contributed by atoms with E-state index in [4.69, 9.17) is 4.74 Å². The van der Waals surface area contributed by atoms with Crippen LogP contribution in [0, 0.1) is 16.0 Å². The van der Waals surface area contributed by atoms with Crippen molar-refractivity contribution in [2.75, 3.05) is 20.2 Å². The molecule has 1 aliphatic heterocycles. The van der Waals surface area contributed by atoms with Crippen LogP contribution >= 0.6 is 0 Å². The molecule has 0 aromatic heterocycles. The van der Waals surface area contributed by atoms with Crippen LogP contribution in [0.25, 0.3) is 0 Å². The predicted octanol–water partition coefficient (Wildman–Crippen LogP) is -0.232. The topological polar surface area (TPSA) is 88.8 Å². The minimum atomic E-state index is -0.729. The van der Waals surface area contributed by atoms with Gasteiger partial charge in [-0.25, -0.2) is 10.1 Å². The minimum absolute atomic E-state index is 0.180. The van der Waals surface area contributed by atoms with Gasteiger partial charge in [0.1, 0.15) is 5.10 Å². The highest BCUT2D eigenvalue weighted by Gasteiger charge is 2.24. The highest BCUT2D eigenvalue weighted by molar-refractivity contribution is 5.78. The monoisotopic (exact) mass is 216 g/mol. The van der Waals surface area contributed by atoms with Crippen LogP contribution in [0.1, 0.15) is 13.3 Å². The summed E-state index contributed by atoms with van der Waals surface area (Å²) in [7, 11) is 1.59. The van der Waals surface area contributed by atoms with Crippen molar-refractivity contribution in [1.82, 2.24) is 10.6 Å². The van der Waals surface area contributed by atoms with E-state index < -0.39 is 5.03 Å². The van der Waals surface area contributed by atoms with E-state index in [9.17, 15) is 10.1 Å². The summed E-state index contributed by atoms with van der Waals surface area (Å²) < 4.78 is 5.38. The largest absolute Gasteiger partial charge is 0.378 e. The Morgan fingerprint density at radius 3 is 2.93 bits per heavy atom. The van der Waals surface area contributed by atoms with Gasteiger partial charge in [-0.05, 0) is 13.3 Å². The van der Waals surface area contributed by atoms with Crippen molar-refractivity contribution in [1.29, 1.82) is 0 Å². The molecule has 86 valence electrons. The third kappa shape index (κ3) is 3.70. The van der Waals surface area contributed by atoms with Gasteiger partial charge in [0, 0.05) is 26.1 Å². The minimum Gasteiger partial charge on any atom is -0.378 e. The van der Waals surface area contributed by atoms with Gasteiger partial charge in [0.25, 0.3) is 5.96 Å². The van der Waals surface area contributed by atoms with Crippen LogP contribution in [-0.4, -0.2) is 37.3 Å². The van der Waals surface area contributed by atoms with Crippen molar-refractivity contribution in [2.45, 2.75) is 19.4 Å². The first-order valence-electron chi connectivity index (χ1n) is 4.89. The second-order valence-corrected chi connectivity index (χ2v) is 3.44. The molecular weight excluding hydrogens is 200 g/mol. The molecule has 0 aliphatic carbocycles. The maximum absolute atomic E-state index is 10.1. The summed E-state index contributed by atoms with van der Waals surface area (Å²) in [6.45, 7) is 3.40. The molecule has 0 aromatic carbocycles. The molecule has 7 nitrogen and oxygen atoms in total. The first-order valence-corrected chi connectivity index (χ1v) is 4.89. The molecule has 1 saturated heterocycles. The quantitative estimate of drug-likeness (QED) is 0.294. The molecule has 2 N–H and O–H groups in total. The van der Waals surface area contributed by atoms with Crippen molar-refractivity contribution < 1.29 is 9.77 Å². The highest BCUT2D eigenvalue weighted by atomic mass is 16.7. The molecule has 0 bridgehead atoms. The van der Waals surface area contributed by atoms with E-state index in [1.54, 1.807) is 7.05 Å². The van der Waals surface area contributed by atoms with Gasteiger partial charge in [0.15, 0.2) is 5.03 Å². The Kier molecular flexibility index (Phi) is 4.29. The zero-order valence-corrected chi connectivity index (χ0v) is 8.90. The lowest BCUT2D eigenvalue weighted by Gasteiger charge is -2.14. The van der Waals surface area contributed by atoms with Crippen molar-refractivity contribution in [3.05, 3.63) is 10.1 Å². The number of hydrogen-bond acceptors (Lipinski definition) is 3. The second-order valence-electron chi connectivity index (χ2n) is 3.44. The van der Waals surface area contributed by atoms with Gasteiger partial charge >= 0.3 is 0 Å². The Balaban J connectivity index is 2.37. The fourth-order valence-electron chi connectivity index (χ4n) is 1.53. The summed E-state index contributed by atoms with van der Waals surface area (Å²) in [4.78, 5) is 10.1. The number of rotatable bonds is 3. The molecule has 1 heterocycles.